The van der Waals surface area contributed by atoms with Crippen molar-refractivity contribution in [3.8, 4) is 0 Å². The van der Waals surface area contributed by atoms with E-state index in [0.717, 1.165) is 12.0 Å². The van der Waals surface area contributed by atoms with Crippen LogP contribution in [0.2, 0.25) is 0 Å². The Hall–Kier alpha value is -0.0800. The van der Waals surface area contributed by atoms with Crippen molar-refractivity contribution in [2.24, 2.45) is 11.3 Å². The fraction of sp³-hybridized carbons (Fsp3) is 1.00. The number of rotatable bonds is 5. The van der Waals surface area contributed by atoms with Crippen LogP contribution in [0.4, 0.5) is 0 Å². The lowest BCUT2D eigenvalue weighted by Crippen LogP contribution is -2.47. The van der Waals surface area contributed by atoms with Crippen molar-refractivity contribution in [1.82, 2.24) is 10.2 Å². The Kier molecular flexibility index (Phi) is 4.14. The van der Waals surface area contributed by atoms with Crippen molar-refractivity contribution >= 4 is 0 Å². The first-order valence-electron chi connectivity index (χ1n) is 7.49. The van der Waals surface area contributed by atoms with E-state index in [-0.39, 0.29) is 0 Å². The molecule has 0 aromatic carbocycles. The summed E-state index contributed by atoms with van der Waals surface area (Å²) >= 11 is 0. The molecule has 1 heterocycles. The Morgan fingerprint density at radius 2 is 1.76 bits per heavy atom. The zero-order valence-electron chi connectivity index (χ0n) is 12.1. The lowest BCUT2D eigenvalue weighted by molar-refractivity contribution is 0.0861. The van der Waals surface area contributed by atoms with E-state index in [1.807, 2.05) is 0 Å². The molecule has 2 fully saturated rings. The van der Waals surface area contributed by atoms with Gasteiger partial charge in [0.05, 0.1) is 0 Å². The third-order valence-electron chi connectivity index (χ3n) is 5.14. The molecule has 100 valence electrons. The summed E-state index contributed by atoms with van der Waals surface area (Å²) in [5, 5.41) is 3.47. The number of piperidine rings is 1. The lowest BCUT2D eigenvalue weighted by atomic mass is 9.92. The van der Waals surface area contributed by atoms with Crippen LogP contribution in [0.3, 0.4) is 0 Å². The summed E-state index contributed by atoms with van der Waals surface area (Å²) in [6, 6.07) is 1.45. The van der Waals surface area contributed by atoms with Crippen LogP contribution < -0.4 is 5.32 Å². The van der Waals surface area contributed by atoms with Gasteiger partial charge in [-0.25, -0.2) is 0 Å². The third-order valence-corrected chi connectivity index (χ3v) is 5.14. The van der Waals surface area contributed by atoms with Crippen molar-refractivity contribution in [2.45, 2.75) is 65.5 Å². The minimum atomic E-state index is 0.622. The number of nitrogens with zero attached hydrogens (tertiary/aromatic N) is 1. The summed E-state index contributed by atoms with van der Waals surface area (Å²) in [7, 11) is 0. The highest BCUT2D eigenvalue weighted by atomic mass is 15.2. The maximum absolute atomic E-state index is 3.47. The average Bonchev–Trinajstić information content (AvgIpc) is 3.06. The number of hydrogen-bond acceptors (Lipinski definition) is 2. The van der Waals surface area contributed by atoms with Gasteiger partial charge >= 0.3 is 0 Å². The molecule has 2 aliphatic rings. The topological polar surface area (TPSA) is 15.3 Å². The quantitative estimate of drug-likeness (QED) is 0.792. The average molecular weight is 238 g/mol. The predicted molar refractivity (Wildman–Crippen MR) is 74.2 cm³/mol. The maximum atomic E-state index is 3.47. The van der Waals surface area contributed by atoms with Crippen LogP contribution in [0.15, 0.2) is 0 Å². The van der Waals surface area contributed by atoms with Gasteiger partial charge in [-0.1, -0.05) is 6.92 Å². The van der Waals surface area contributed by atoms with Crippen LogP contribution in [0.1, 0.15) is 53.4 Å². The Balaban J connectivity index is 1.92. The van der Waals surface area contributed by atoms with E-state index >= 15 is 0 Å². The summed E-state index contributed by atoms with van der Waals surface area (Å²) in [6.45, 7) is 13.4. The van der Waals surface area contributed by atoms with E-state index in [1.165, 1.54) is 45.3 Å². The molecule has 1 saturated carbocycles. The van der Waals surface area contributed by atoms with Gasteiger partial charge in [0.25, 0.3) is 0 Å². The molecule has 1 aliphatic heterocycles. The van der Waals surface area contributed by atoms with Gasteiger partial charge in [-0.2, -0.15) is 0 Å². The molecule has 0 radical (unpaired) electrons. The first kappa shape index (κ1) is 13.4. The molecule has 2 heteroatoms. The van der Waals surface area contributed by atoms with E-state index < -0.39 is 0 Å². The Morgan fingerprint density at radius 3 is 2.24 bits per heavy atom. The molecule has 1 N–H and O–H groups in total. The smallest absolute Gasteiger partial charge is 0.0124 e. The van der Waals surface area contributed by atoms with Crippen LogP contribution in [-0.2, 0) is 0 Å². The van der Waals surface area contributed by atoms with E-state index in [9.17, 15) is 0 Å². The van der Waals surface area contributed by atoms with Gasteiger partial charge in [0, 0.05) is 18.6 Å². The molecule has 1 saturated heterocycles. The van der Waals surface area contributed by atoms with Crippen molar-refractivity contribution in [2.75, 3.05) is 19.6 Å². The molecular weight excluding hydrogens is 208 g/mol. The summed E-state index contributed by atoms with van der Waals surface area (Å²) in [4.78, 5) is 2.77. The molecule has 0 aromatic heterocycles. The second-order valence-electron chi connectivity index (χ2n) is 6.81. The molecule has 0 bridgehead atoms. The van der Waals surface area contributed by atoms with E-state index in [2.05, 4.69) is 37.9 Å². The van der Waals surface area contributed by atoms with Gasteiger partial charge in [0.15, 0.2) is 0 Å². The fourth-order valence-corrected chi connectivity index (χ4v) is 3.19. The second-order valence-corrected chi connectivity index (χ2v) is 6.81. The first-order valence-corrected chi connectivity index (χ1v) is 7.49. The highest BCUT2D eigenvalue weighted by Crippen LogP contribution is 2.50. The summed E-state index contributed by atoms with van der Waals surface area (Å²) in [5.41, 5.74) is 0.622. The van der Waals surface area contributed by atoms with Crippen molar-refractivity contribution < 1.29 is 0 Å². The highest BCUT2D eigenvalue weighted by molar-refractivity contribution is 4.98. The number of hydrogen-bond donors (Lipinski definition) is 1. The van der Waals surface area contributed by atoms with Crippen LogP contribution in [0.25, 0.3) is 0 Å². The molecule has 1 unspecified atom stereocenters. The van der Waals surface area contributed by atoms with Crippen molar-refractivity contribution in [3.05, 3.63) is 0 Å². The Bertz CT molecular complexity index is 239. The van der Waals surface area contributed by atoms with Gasteiger partial charge in [-0.3, -0.25) is 4.90 Å². The Morgan fingerprint density at radius 1 is 1.18 bits per heavy atom. The SMILES string of the molecule is CC(C)N(CC1CCNCC1)C(C)C1(C)CC1. The zero-order chi connectivity index (χ0) is 12.5. The molecule has 0 amide bonds. The number of nitrogens with one attached hydrogen (secondary N) is 1. The molecule has 1 aliphatic carbocycles. The molecule has 1 atom stereocenters. The summed E-state index contributed by atoms with van der Waals surface area (Å²) in [5.74, 6) is 0.920. The summed E-state index contributed by atoms with van der Waals surface area (Å²) in [6.07, 6.45) is 5.60. The van der Waals surface area contributed by atoms with Crippen LogP contribution in [0, 0.1) is 11.3 Å². The van der Waals surface area contributed by atoms with Crippen LogP contribution in [-0.4, -0.2) is 36.6 Å². The Labute approximate surface area is 107 Å². The minimum absolute atomic E-state index is 0.622. The molecule has 2 nitrogen and oxygen atoms in total. The standard InChI is InChI=1S/C15H30N2/c1-12(2)17(13(3)15(4)7-8-15)11-14-5-9-16-10-6-14/h12-14,16H,5-11H2,1-4H3. The highest BCUT2D eigenvalue weighted by Gasteiger charge is 2.45. The van der Waals surface area contributed by atoms with E-state index in [1.54, 1.807) is 0 Å². The van der Waals surface area contributed by atoms with Crippen LogP contribution >= 0.6 is 0 Å². The van der Waals surface area contributed by atoms with E-state index in [0.29, 0.717) is 11.5 Å². The first-order chi connectivity index (χ1) is 8.03. The normalized spacial score (nSPS) is 26.5. The summed E-state index contributed by atoms with van der Waals surface area (Å²) < 4.78 is 0. The molecule has 0 spiro atoms. The molecule has 2 rings (SSSR count). The van der Waals surface area contributed by atoms with Gasteiger partial charge in [0.1, 0.15) is 0 Å². The maximum Gasteiger partial charge on any atom is 0.0124 e. The van der Waals surface area contributed by atoms with Crippen molar-refractivity contribution in [3.63, 3.8) is 0 Å². The predicted octanol–water partition coefficient (Wildman–Crippen LogP) is 2.89. The largest absolute Gasteiger partial charge is 0.317 e. The second kappa shape index (κ2) is 5.27. The van der Waals surface area contributed by atoms with Crippen LogP contribution in [0.5, 0.6) is 0 Å². The molecule has 17 heavy (non-hydrogen) atoms. The van der Waals surface area contributed by atoms with Gasteiger partial charge < -0.3 is 5.32 Å². The fourth-order valence-electron chi connectivity index (χ4n) is 3.19. The zero-order valence-corrected chi connectivity index (χ0v) is 12.1. The van der Waals surface area contributed by atoms with Gasteiger partial charge in [0.2, 0.25) is 0 Å². The third kappa shape index (κ3) is 3.23. The minimum Gasteiger partial charge on any atom is -0.317 e. The van der Waals surface area contributed by atoms with Gasteiger partial charge in [-0.05, 0) is 70.9 Å². The molecular formula is C15H30N2. The monoisotopic (exact) mass is 238 g/mol. The molecule has 0 aromatic rings. The van der Waals surface area contributed by atoms with E-state index in [4.69, 9.17) is 0 Å². The lowest BCUT2D eigenvalue weighted by Gasteiger charge is -2.40. The van der Waals surface area contributed by atoms with Crippen molar-refractivity contribution in [1.29, 1.82) is 0 Å². The van der Waals surface area contributed by atoms with Gasteiger partial charge in [-0.15, -0.1) is 0 Å².